The maximum Gasteiger partial charge on any atom is 0.317 e. The highest BCUT2D eigenvalue weighted by molar-refractivity contribution is 5.94. The van der Waals surface area contributed by atoms with Gasteiger partial charge in [0.2, 0.25) is 0 Å². The number of amides is 3. The molecule has 1 saturated heterocycles. The zero-order chi connectivity index (χ0) is 16.1. The quantitative estimate of drug-likeness (QED) is 0.838. The monoisotopic (exact) mass is 315 g/mol. The van der Waals surface area contributed by atoms with Crippen LogP contribution in [0.3, 0.4) is 0 Å². The average molecular weight is 315 g/mol. The highest BCUT2D eigenvalue weighted by atomic mass is 16.2. The van der Waals surface area contributed by atoms with Gasteiger partial charge in [0.1, 0.15) is 0 Å². The molecular weight excluding hydrogens is 290 g/mol. The SMILES string of the molecule is O=C(NCCNC(=O)N1CCCC2CCCC21)c1ccccc1. The van der Waals surface area contributed by atoms with Crippen molar-refractivity contribution < 1.29 is 9.59 Å². The Bertz CT molecular complexity index is 546. The minimum atomic E-state index is -0.103. The Balaban J connectivity index is 1.40. The Morgan fingerprint density at radius 3 is 2.57 bits per heavy atom. The minimum absolute atomic E-state index is 0.0237. The van der Waals surface area contributed by atoms with Crippen LogP contribution in [0.15, 0.2) is 30.3 Å². The van der Waals surface area contributed by atoms with E-state index in [-0.39, 0.29) is 11.9 Å². The summed E-state index contributed by atoms with van der Waals surface area (Å²) in [4.78, 5) is 26.3. The van der Waals surface area contributed by atoms with Gasteiger partial charge < -0.3 is 15.5 Å². The van der Waals surface area contributed by atoms with Gasteiger partial charge in [0, 0.05) is 31.2 Å². The van der Waals surface area contributed by atoms with Crippen LogP contribution in [-0.4, -0.2) is 42.5 Å². The highest BCUT2D eigenvalue weighted by Gasteiger charge is 2.37. The molecule has 1 aliphatic carbocycles. The van der Waals surface area contributed by atoms with Crippen LogP contribution >= 0.6 is 0 Å². The number of rotatable bonds is 4. The first kappa shape index (κ1) is 15.8. The maximum atomic E-state index is 12.4. The van der Waals surface area contributed by atoms with Crippen LogP contribution in [0.2, 0.25) is 0 Å². The molecule has 1 aliphatic heterocycles. The first-order valence-corrected chi connectivity index (χ1v) is 8.63. The maximum absolute atomic E-state index is 12.4. The first-order valence-electron chi connectivity index (χ1n) is 8.63. The average Bonchev–Trinajstić information content (AvgIpc) is 3.07. The van der Waals surface area contributed by atoms with E-state index in [1.165, 1.54) is 19.3 Å². The summed E-state index contributed by atoms with van der Waals surface area (Å²) in [6.45, 7) is 1.77. The minimum Gasteiger partial charge on any atom is -0.350 e. The van der Waals surface area contributed by atoms with Crippen molar-refractivity contribution in [3.05, 3.63) is 35.9 Å². The Kier molecular flexibility index (Phi) is 5.16. The molecule has 1 aromatic rings. The third kappa shape index (κ3) is 3.84. The van der Waals surface area contributed by atoms with Gasteiger partial charge >= 0.3 is 6.03 Å². The Morgan fingerprint density at radius 1 is 1.00 bits per heavy atom. The van der Waals surface area contributed by atoms with Crippen molar-refractivity contribution in [3.63, 3.8) is 0 Å². The Labute approximate surface area is 137 Å². The largest absolute Gasteiger partial charge is 0.350 e. The summed E-state index contributed by atoms with van der Waals surface area (Å²) in [5.74, 6) is 0.598. The fraction of sp³-hybridized carbons (Fsp3) is 0.556. The molecule has 1 saturated carbocycles. The van der Waals surface area contributed by atoms with E-state index < -0.39 is 0 Å². The van der Waals surface area contributed by atoms with Gasteiger partial charge in [-0.1, -0.05) is 24.6 Å². The summed E-state index contributed by atoms with van der Waals surface area (Å²) in [6, 6.07) is 9.57. The van der Waals surface area contributed by atoms with Gasteiger partial charge in [-0.3, -0.25) is 4.79 Å². The van der Waals surface area contributed by atoms with E-state index in [9.17, 15) is 9.59 Å². The van der Waals surface area contributed by atoms with Gasteiger partial charge in [0.05, 0.1) is 0 Å². The summed E-state index contributed by atoms with van der Waals surface area (Å²) >= 11 is 0. The number of urea groups is 1. The lowest BCUT2D eigenvalue weighted by Crippen LogP contribution is -2.51. The standard InChI is InChI=1S/C18H25N3O2/c22-17(15-6-2-1-3-7-15)19-11-12-20-18(23)21-13-5-9-14-8-4-10-16(14)21/h1-3,6-7,14,16H,4-5,8-13H2,(H,19,22)(H,20,23). The number of nitrogens with zero attached hydrogens (tertiary/aromatic N) is 1. The molecule has 0 radical (unpaired) electrons. The second kappa shape index (κ2) is 7.49. The van der Waals surface area contributed by atoms with Crippen molar-refractivity contribution in [1.29, 1.82) is 0 Å². The predicted molar refractivity (Wildman–Crippen MR) is 89.2 cm³/mol. The molecule has 5 heteroatoms. The van der Waals surface area contributed by atoms with Gasteiger partial charge in [-0.25, -0.2) is 4.79 Å². The van der Waals surface area contributed by atoms with Crippen LogP contribution in [0.5, 0.6) is 0 Å². The number of fused-ring (bicyclic) bond motifs is 1. The number of piperidine rings is 1. The molecule has 2 N–H and O–H groups in total. The van der Waals surface area contributed by atoms with Crippen LogP contribution < -0.4 is 10.6 Å². The van der Waals surface area contributed by atoms with Crippen molar-refractivity contribution in [3.8, 4) is 0 Å². The summed E-state index contributed by atoms with van der Waals surface area (Å²) in [7, 11) is 0. The molecule has 5 nitrogen and oxygen atoms in total. The molecule has 23 heavy (non-hydrogen) atoms. The summed E-state index contributed by atoms with van der Waals surface area (Å²) in [6.07, 6.45) is 6.03. The predicted octanol–water partition coefficient (Wildman–Crippen LogP) is 2.39. The van der Waals surface area contributed by atoms with Gasteiger partial charge in [-0.05, 0) is 43.7 Å². The Morgan fingerprint density at radius 2 is 1.74 bits per heavy atom. The third-order valence-electron chi connectivity index (χ3n) is 4.98. The van der Waals surface area contributed by atoms with Crippen molar-refractivity contribution in [2.24, 2.45) is 5.92 Å². The van der Waals surface area contributed by atoms with Crippen LogP contribution in [0.25, 0.3) is 0 Å². The molecule has 3 rings (SSSR count). The number of hydrogen-bond donors (Lipinski definition) is 2. The lowest BCUT2D eigenvalue weighted by atomic mass is 9.92. The fourth-order valence-electron chi connectivity index (χ4n) is 3.84. The zero-order valence-electron chi connectivity index (χ0n) is 13.5. The smallest absolute Gasteiger partial charge is 0.317 e. The normalized spacial score (nSPS) is 23.2. The molecular formula is C18H25N3O2. The molecule has 3 amide bonds. The molecule has 124 valence electrons. The summed E-state index contributed by atoms with van der Waals surface area (Å²) in [5.41, 5.74) is 0.642. The zero-order valence-corrected chi connectivity index (χ0v) is 13.5. The van der Waals surface area contributed by atoms with Crippen molar-refractivity contribution in [2.45, 2.75) is 38.1 Å². The third-order valence-corrected chi connectivity index (χ3v) is 4.98. The number of likely N-dealkylation sites (tertiary alicyclic amines) is 1. The summed E-state index contributed by atoms with van der Waals surface area (Å²) < 4.78 is 0. The molecule has 1 aromatic carbocycles. The van der Waals surface area contributed by atoms with Gasteiger partial charge in [0.15, 0.2) is 0 Å². The molecule has 0 spiro atoms. The van der Waals surface area contributed by atoms with Gasteiger partial charge in [0.25, 0.3) is 5.91 Å². The molecule has 0 aromatic heterocycles. The van der Waals surface area contributed by atoms with Crippen molar-refractivity contribution in [2.75, 3.05) is 19.6 Å². The second-order valence-electron chi connectivity index (χ2n) is 6.45. The number of carbonyl (C=O) groups excluding carboxylic acids is 2. The number of benzene rings is 1. The number of hydrogen-bond acceptors (Lipinski definition) is 2. The van der Waals surface area contributed by atoms with E-state index in [2.05, 4.69) is 10.6 Å². The van der Waals surface area contributed by atoms with Crippen molar-refractivity contribution >= 4 is 11.9 Å². The highest BCUT2D eigenvalue weighted by Crippen LogP contribution is 2.36. The van der Waals surface area contributed by atoms with E-state index in [1.54, 1.807) is 12.1 Å². The molecule has 2 aliphatic rings. The van der Waals surface area contributed by atoms with Crippen LogP contribution in [-0.2, 0) is 0 Å². The lowest BCUT2D eigenvalue weighted by Gasteiger charge is -2.37. The van der Waals surface area contributed by atoms with Crippen molar-refractivity contribution in [1.82, 2.24) is 15.5 Å². The Hall–Kier alpha value is -2.04. The molecule has 1 heterocycles. The van der Waals surface area contributed by atoms with E-state index in [1.807, 2.05) is 23.1 Å². The molecule has 2 atom stereocenters. The number of nitrogens with one attached hydrogen (secondary N) is 2. The summed E-state index contributed by atoms with van der Waals surface area (Å²) in [5, 5.41) is 5.78. The van der Waals surface area contributed by atoms with E-state index >= 15 is 0 Å². The van der Waals surface area contributed by atoms with Crippen LogP contribution in [0, 0.1) is 5.92 Å². The molecule has 2 unspecified atom stereocenters. The second-order valence-corrected chi connectivity index (χ2v) is 6.45. The lowest BCUT2D eigenvalue weighted by molar-refractivity contribution is 0.0952. The van der Waals surface area contributed by atoms with E-state index in [0.717, 1.165) is 19.4 Å². The van der Waals surface area contributed by atoms with Crippen LogP contribution in [0.4, 0.5) is 4.79 Å². The van der Waals surface area contributed by atoms with Crippen LogP contribution in [0.1, 0.15) is 42.5 Å². The van der Waals surface area contributed by atoms with Gasteiger partial charge in [-0.2, -0.15) is 0 Å². The number of carbonyl (C=O) groups is 2. The topological polar surface area (TPSA) is 61.4 Å². The molecule has 2 fully saturated rings. The first-order chi connectivity index (χ1) is 11.3. The van der Waals surface area contributed by atoms with E-state index in [0.29, 0.717) is 30.6 Å². The molecule has 0 bridgehead atoms. The van der Waals surface area contributed by atoms with E-state index in [4.69, 9.17) is 0 Å². The fourth-order valence-corrected chi connectivity index (χ4v) is 3.84. The van der Waals surface area contributed by atoms with Gasteiger partial charge in [-0.15, -0.1) is 0 Å².